The van der Waals surface area contributed by atoms with Gasteiger partial charge in [0.25, 0.3) is 15.9 Å². The van der Waals surface area contributed by atoms with Gasteiger partial charge in [-0.1, -0.05) is 37.6 Å². The van der Waals surface area contributed by atoms with Crippen molar-refractivity contribution in [2.45, 2.75) is 50.7 Å². The molecule has 37 heavy (non-hydrogen) atoms. The second-order valence-corrected chi connectivity index (χ2v) is 11.7. The molecule has 1 aliphatic rings. The van der Waals surface area contributed by atoms with Crippen LogP contribution in [0.25, 0.3) is 0 Å². The number of hydrogen-bond acceptors (Lipinski definition) is 5. The number of ether oxygens (including phenoxy) is 2. The lowest BCUT2D eigenvalue weighted by Crippen LogP contribution is -2.51. The fraction of sp³-hybridized carbons (Fsp3) is 0.321. The SMILES string of the molecule is COc1cc(C)c(C(C)NC(=O)C2CN(S(=O)(=O)c3ccc(Cl)cc3)c3ccccc3O2)cc1C(C)C. The number of rotatable bonds is 7. The number of amides is 1. The Morgan fingerprint density at radius 1 is 1.08 bits per heavy atom. The Hall–Kier alpha value is -3.23. The topological polar surface area (TPSA) is 84.9 Å². The second-order valence-electron chi connectivity index (χ2n) is 9.40. The standard InChI is InChI=1S/C28H31ClN2O5S/c1-17(2)22-15-23(18(3)14-26(22)35-5)19(4)30-28(32)27-16-31(24-8-6-7-9-25(24)36-27)37(33,34)21-12-10-20(29)11-13-21/h6-15,17,19,27H,16H2,1-5H3,(H,30,32). The molecule has 2 atom stereocenters. The van der Waals surface area contributed by atoms with Crippen molar-refractivity contribution in [3.63, 3.8) is 0 Å². The van der Waals surface area contributed by atoms with E-state index >= 15 is 0 Å². The van der Waals surface area contributed by atoms with Crippen molar-refractivity contribution in [1.29, 1.82) is 0 Å². The summed E-state index contributed by atoms with van der Waals surface area (Å²) in [4.78, 5) is 13.5. The highest BCUT2D eigenvalue weighted by Crippen LogP contribution is 2.37. The van der Waals surface area contributed by atoms with Crippen LogP contribution in [0.15, 0.2) is 65.6 Å². The Morgan fingerprint density at radius 3 is 2.41 bits per heavy atom. The van der Waals surface area contributed by atoms with Crippen LogP contribution in [0.1, 0.15) is 49.4 Å². The van der Waals surface area contributed by atoms with Crippen molar-refractivity contribution in [3.8, 4) is 11.5 Å². The van der Waals surface area contributed by atoms with Crippen LogP contribution in [0.4, 0.5) is 5.69 Å². The van der Waals surface area contributed by atoms with Crippen LogP contribution in [0.3, 0.4) is 0 Å². The van der Waals surface area contributed by atoms with E-state index in [-0.39, 0.29) is 23.4 Å². The van der Waals surface area contributed by atoms with Gasteiger partial charge in [0.1, 0.15) is 11.5 Å². The van der Waals surface area contributed by atoms with Gasteiger partial charge in [-0.15, -0.1) is 0 Å². The number of benzene rings is 3. The van der Waals surface area contributed by atoms with Crippen LogP contribution in [-0.4, -0.2) is 34.1 Å². The Kier molecular flexibility index (Phi) is 7.71. The second kappa shape index (κ2) is 10.6. The van der Waals surface area contributed by atoms with Crippen LogP contribution in [-0.2, 0) is 14.8 Å². The fourth-order valence-electron chi connectivity index (χ4n) is 4.49. The number of hydrogen-bond donors (Lipinski definition) is 1. The van der Waals surface area contributed by atoms with Gasteiger partial charge in [-0.05, 0) is 85.0 Å². The minimum Gasteiger partial charge on any atom is -0.496 e. The van der Waals surface area contributed by atoms with Crippen molar-refractivity contribution >= 4 is 33.2 Å². The minimum atomic E-state index is -3.97. The van der Waals surface area contributed by atoms with E-state index in [1.165, 1.54) is 28.6 Å². The number of para-hydroxylation sites is 2. The predicted molar refractivity (Wildman–Crippen MR) is 145 cm³/mol. The molecule has 0 spiro atoms. The van der Waals surface area contributed by atoms with E-state index in [4.69, 9.17) is 21.1 Å². The molecule has 0 fully saturated rings. The lowest BCUT2D eigenvalue weighted by Gasteiger charge is -2.35. The minimum absolute atomic E-state index is 0.0798. The molecule has 0 aliphatic carbocycles. The van der Waals surface area contributed by atoms with Gasteiger partial charge in [0.15, 0.2) is 6.10 Å². The number of carbonyl (C=O) groups excluding carboxylic acids is 1. The summed E-state index contributed by atoms with van der Waals surface area (Å²) in [5, 5.41) is 3.45. The largest absolute Gasteiger partial charge is 0.496 e. The van der Waals surface area contributed by atoms with Gasteiger partial charge in [0, 0.05) is 5.02 Å². The summed E-state index contributed by atoms with van der Waals surface area (Å²) in [6.07, 6.45) is -1.04. The number of nitrogens with zero attached hydrogens (tertiary/aromatic N) is 1. The molecule has 4 rings (SSSR count). The van der Waals surface area contributed by atoms with E-state index in [0.29, 0.717) is 16.5 Å². The number of aryl methyl sites for hydroxylation is 1. The van der Waals surface area contributed by atoms with Gasteiger partial charge < -0.3 is 14.8 Å². The first kappa shape index (κ1) is 26.8. The van der Waals surface area contributed by atoms with E-state index in [0.717, 1.165) is 22.4 Å². The molecule has 0 aromatic heterocycles. The van der Waals surface area contributed by atoms with Gasteiger partial charge in [0.2, 0.25) is 0 Å². The number of fused-ring (bicyclic) bond motifs is 1. The number of halogens is 1. The fourth-order valence-corrected chi connectivity index (χ4v) is 6.10. The van der Waals surface area contributed by atoms with Crippen molar-refractivity contribution in [2.24, 2.45) is 0 Å². The summed E-state index contributed by atoms with van der Waals surface area (Å²) in [7, 11) is -2.32. The summed E-state index contributed by atoms with van der Waals surface area (Å²) >= 11 is 5.96. The number of sulfonamides is 1. The zero-order chi connectivity index (χ0) is 26.9. The van der Waals surface area contributed by atoms with Crippen molar-refractivity contribution < 1.29 is 22.7 Å². The number of carbonyl (C=O) groups is 1. The summed E-state index contributed by atoms with van der Waals surface area (Å²) in [5.74, 6) is 0.966. The molecule has 1 aliphatic heterocycles. The molecule has 7 nitrogen and oxygen atoms in total. The molecule has 0 bridgehead atoms. The maximum absolute atomic E-state index is 13.6. The van der Waals surface area contributed by atoms with E-state index in [1.54, 1.807) is 31.4 Å². The molecule has 2 unspecified atom stereocenters. The molecule has 1 N–H and O–H groups in total. The molecule has 3 aromatic rings. The van der Waals surface area contributed by atoms with Crippen molar-refractivity contribution in [1.82, 2.24) is 5.32 Å². The molecular formula is C28H31ClN2O5S. The van der Waals surface area contributed by atoms with Gasteiger partial charge in [-0.25, -0.2) is 8.42 Å². The van der Waals surface area contributed by atoms with Crippen LogP contribution in [0, 0.1) is 6.92 Å². The maximum atomic E-state index is 13.6. The van der Waals surface area contributed by atoms with E-state index < -0.39 is 22.0 Å². The molecule has 0 saturated carbocycles. The average Bonchev–Trinajstić information content (AvgIpc) is 2.87. The molecule has 0 radical (unpaired) electrons. The molecular weight excluding hydrogens is 512 g/mol. The highest BCUT2D eigenvalue weighted by molar-refractivity contribution is 7.92. The van der Waals surface area contributed by atoms with Gasteiger partial charge in [-0.3, -0.25) is 9.10 Å². The summed E-state index contributed by atoms with van der Waals surface area (Å²) < 4.78 is 39.9. The Labute approximate surface area is 223 Å². The number of nitrogens with one attached hydrogen (secondary N) is 1. The number of anilines is 1. The van der Waals surface area contributed by atoms with Crippen LogP contribution in [0.5, 0.6) is 11.5 Å². The maximum Gasteiger partial charge on any atom is 0.264 e. The van der Waals surface area contributed by atoms with Crippen molar-refractivity contribution in [3.05, 3.63) is 82.4 Å². The first-order chi connectivity index (χ1) is 17.5. The van der Waals surface area contributed by atoms with E-state index in [9.17, 15) is 13.2 Å². The van der Waals surface area contributed by atoms with Crippen LogP contribution in [0.2, 0.25) is 5.02 Å². The first-order valence-corrected chi connectivity index (χ1v) is 13.9. The first-order valence-electron chi connectivity index (χ1n) is 12.1. The van der Waals surface area contributed by atoms with Gasteiger partial charge in [0.05, 0.1) is 30.3 Å². The molecule has 1 heterocycles. The molecule has 3 aromatic carbocycles. The lowest BCUT2D eigenvalue weighted by atomic mass is 9.93. The highest BCUT2D eigenvalue weighted by atomic mass is 35.5. The molecule has 1 amide bonds. The zero-order valence-corrected chi connectivity index (χ0v) is 23.1. The van der Waals surface area contributed by atoms with Gasteiger partial charge >= 0.3 is 0 Å². The average molecular weight is 543 g/mol. The van der Waals surface area contributed by atoms with E-state index in [1.807, 2.05) is 19.9 Å². The third-order valence-corrected chi connectivity index (χ3v) is 8.54. The van der Waals surface area contributed by atoms with Gasteiger partial charge in [-0.2, -0.15) is 0 Å². The highest BCUT2D eigenvalue weighted by Gasteiger charge is 2.38. The quantitative estimate of drug-likeness (QED) is 0.419. The molecule has 0 saturated heterocycles. The third-order valence-electron chi connectivity index (χ3n) is 6.49. The van der Waals surface area contributed by atoms with Crippen molar-refractivity contribution in [2.75, 3.05) is 18.0 Å². The normalized spacial score (nSPS) is 16.1. The molecule has 196 valence electrons. The van der Waals surface area contributed by atoms with Crippen LogP contribution < -0.4 is 19.1 Å². The van der Waals surface area contributed by atoms with Crippen LogP contribution >= 0.6 is 11.6 Å². The Bertz CT molecular complexity index is 1410. The smallest absolute Gasteiger partial charge is 0.264 e. The van der Waals surface area contributed by atoms with E-state index in [2.05, 4.69) is 25.2 Å². The Balaban J connectivity index is 1.62. The lowest BCUT2D eigenvalue weighted by molar-refractivity contribution is -0.128. The zero-order valence-electron chi connectivity index (χ0n) is 21.5. The summed E-state index contributed by atoms with van der Waals surface area (Å²) in [6, 6.07) is 16.4. The third kappa shape index (κ3) is 5.40. The monoisotopic (exact) mass is 542 g/mol. The Morgan fingerprint density at radius 2 is 1.76 bits per heavy atom. The summed E-state index contributed by atoms with van der Waals surface area (Å²) in [5.41, 5.74) is 3.37. The molecule has 9 heteroatoms. The predicted octanol–water partition coefficient (Wildman–Crippen LogP) is 5.61. The summed E-state index contributed by atoms with van der Waals surface area (Å²) in [6.45, 7) is 7.88. The number of methoxy groups -OCH3 is 1.